The first-order chi connectivity index (χ1) is 8.36. The van der Waals surface area contributed by atoms with Crippen molar-refractivity contribution in [3.63, 3.8) is 0 Å². The maximum absolute atomic E-state index is 13.6. The van der Waals surface area contributed by atoms with Crippen molar-refractivity contribution in [3.05, 3.63) is 29.6 Å². The third-order valence-electron chi connectivity index (χ3n) is 3.26. The normalized spacial score (nSPS) is 17.7. The number of halogens is 1. The summed E-state index contributed by atoms with van der Waals surface area (Å²) in [6.07, 6.45) is 1.98. The molecule has 100 valence electrons. The van der Waals surface area contributed by atoms with E-state index in [0.717, 1.165) is 18.9 Å². The number of aliphatic hydroxyl groups excluding tert-OH is 1. The number of rotatable bonds is 5. The van der Waals surface area contributed by atoms with Crippen LogP contribution in [0.5, 0.6) is 0 Å². The van der Waals surface area contributed by atoms with Gasteiger partial charge in [-0.1, -0.05) is 13.0 Å². The maximum Gasteiger partial charge on any atom is 0.243 e. The predicted octanol–water partition coefficient (Wildman–Crippen LogP) is 1.40. The van der Waals surface area contributed by atoms with Crippen LogP contribution in [0.1, 0.15) is 25.3 Å². The number of hydrogen-bond acceptors (Lipinski definition) is 3. The number of nitrogens with one attached hydrogen (secondary N) is 1. The molecule has 1 aromatic carbocycles. The molecule has 0 radical (unpaired) electrons. The van der Waals surface area contributed by atoms with Crippen molar-refractivity contribution in [3.8, 4) is 0 Å². The molecule has 0 amide bonds. The molecular formula is C12H16FNO3S. The standard InChI is InChI=1S/C12H16FNO3S/c1-12(4-5-12)8-14-18(16,17)11-3-2-9(7-15)6-10(11)13/h2-3,6,14-15H,4-5,7-8H2,1H3. The van der Waals surface area contributed by atoms with Gasteiger partial charge >= 0.3 is 0 Å². The summed E-state index contributed by atoms with van der Waals surface area (Å²) < 4.78 is 39.9. The summed E-state index contributed by atoms with van der Waals surface area (Å²) in [4.78, 5) is -0.371. The quantitative estimate of drug-likeness (QED) is 0.852. The van der Waals surface area contributed by atoms with E-state index in [1.165, 1.54) is 12.1 Å². The van der Waals surface area contributed by atoms with Crippen LogP contribution in [0.4, 0.5) is 4.39 Å². The molecule has 18 heavy (non-hydrogen) atoms. The molecule has 1 fully saturated rings. The van der Waals surface area contributed by atoms with Gasteiger partial charge in [0.1, 0.15) is 10.7 Å². The fourth-order valence-electron chi connectivity index (χ4n) is 1.60. The van der Waals surface area contributed by atoms with Crippen molar-refractivity contribution in [1.29, 1.82) is 0 Å². The first kappa shape index (κ1) is 13.5. The van der Waals surface area contributed by atoms with Gasteiger partial charge in [-0.2, -0.15) is 0 Å². The summed E-state index contributed by atoms with van der Waals surface area (Å²) >= 11 is 0. The summed E-state index contributed by atoms with van der Waals surface area (Å²) in [6.45, 7) is 2.00. The van der Waals surface area contributed by atoms with Crippen LogP contribution in [0, 0.1) is 11.2 Å². The van der Waals surface area contributed by atoms with Gasteiger partial charge in [0.2, 0.25) is 10.0 Å². The largest absolute Gasteiger partial charge is 0.392 e. The van der Waals surface area contributed by atoms with Crippen molar-refractivity contribution in [2.24, 2.45) is 5.41 Å². The lowest BCUT2D eigenvalue weighted by molar-refractivity contribution is 0.281. The van der Waals surface area contributed by atoms with E-state index >= 15 is 0 Å². The Kier molecular flexibility index (Phi) is 3.44. The Morgan fingerprint density at radius 3 is 2.61 bits per heavy atom. The van der Waals surface area contributed by atoms with Crippen LogP contribution in [0.2, 0.25) is 0 Å². The molecule has 0 bridgehead atoms. The first-order valence-electron chi connectivity index (χ1n) is 5.75. The maximum atomic E-state index is 13.6. The van der Waals surface area contributed by atoms with Gasteiger partial charge in [-0.05, 0) is 36.0 Å². The van der Waals surface area contributed by atoms with Gasteiger partial charge in [0.25, 0.3) is 0 Å². The fourth-order valence-corrected chi connectivity index (χ4v) is 2.85. The topological polar surface area (TPSA) is 66.4 Å². The molecular weight excluding hydrogens is 257 g/mol. The minimum Gasteiger partial charge on any atom is -0.392 e. The molecule has 0 unspecified atom stereocenters. The summed E-state index contributed by atoms with van der Waals surface area (Å²) in [5.74, 6) is -0.838. The van der Waals surface area contributed by atoms with E-state index in [-0.39, 0.29) is 16.9 Å². The Morgan fingerprint density at radius 2 is 2.11 bits per heavy atom. The molecule has 0 atom stereocenters. The van der Waals surface area contributed by atoms with E-state index in [2.05, 4.69) is 4.72 Å². The van der Waals surface area contributed by atoms with Crippen LogP contribution in [-0.2, 0) is 16.6 Å². The minimum absolute atomic E-state index is 0.0224. The average molecular weight is 273 g/mol. The van der Waals surface area contributed by atoms with Gasteiger partial charge in [-0.15, -0.1) is 0 Å². The van der Waals surface area contributed by atoms with E-state index in [4.69, 9.17) is 5.11 Å². The Balaban J connectivity index is 2.18. The average Bonchev–Trinajstić information content (AvgIpc) is 3.05. The van der Waals surface area contributed by atoms with Crippen molar-refractivity contribution in [2.45, 2.75) is 31.3 Å². The lowest BCUT2D eigenvalue weighted by Gasteiger charge is -2.11. The zero-order valence-electron chi connectivity index (χ0n) is 10.1. The lowest BCUT2D eigenvalue weighted by atomic mass is 10.2. The Hall–Kier alpha value is -0.980. The second kappa shape index (κ2) is 4.60. The number of benzene rings is 1. The smallest absolute Gasteiger partial charge is 0.243 e. The molecule has 0 spiro atoms. The Morgan fingerprint density at radius 1 is 1.44 bits per heavy atom. The monoisotopic (exact) mass is 273 g/mol. The van der Waals surface area contributed by atoms with Gasteiger partial charge in [0, 0.05) is 6.54 Å². The highest BCUT2D eigenvalue weighted by atomic mass is 32.2. The predicted molar refractivity (Wildman–Crippen MR) is 64.9 cm³/mol. The highest BCUT2D eigenvalue weighted by Gasteiger charge is 2.38. The minimum atomic E-state index is -3.82. The lowest BCUT2D eigenvalue weighted by Crippen LogP contribution is -2.29. The van der Waals surface area contributed by atoms with Crippen LogP contribution in [0.25, 0.3) is 0 Å². The van der Waals surface area contributed by atoms with Crippen LogP contribution >= 0.6 is 0 Å². The van der Waals surface area contributed by atoms with Crippen LogP contribution < -0.4 is 4.72 Å². The van der Waals surface area contributed by atoms with Gasteiger partial charge in [0.15, 0.2) is 0 Å². The fraction of sp³-hybridized carbons (Fsp3) is 0.500. The third kappa shape index (κ3) is 2.88. The molecule has 0 aromatic heterocycles. The van der Waals surface area contributed by atoms with E-state index in [1.807, 2.05) is 6.92 Å². The summed E-state index contributed by atoms with van der Waals surface area (Å²) in [6, 6.07) is 3.61. The van der Waals surface area contributed by atoms with E-state index in [9.17, 15) is 12.8 Å². The number of sulfonamides is 1. The molecule has 0 aliphatic heterocycles. The van der Waals surface area contributed by atoms with Crippen molar-refractivity contribution >= 4 is 10.0 Å². The highest BCUT2D eigenvalue weighted by Crippen LogP contribution is 2.44. The van der Waals surface area contributed by atoms with E-state index in [1.54, 1.807) is 0 Å². The molecule has 2 rings (SSSR count). The molecule has 6 heteroatoms. The zero-order valence-corrected chi connectivity index (χ0v) is 10.9. The number of aliphatic hydroxyl groups is 1. The van der Waals surface area contributed by atoms with Crippen LogP contribution in [0.3, 0.4) is 0 Å². The van der Waals surface area contributed by atoms with Crippen LogP contribution in [-0.4, -0.2) is 20.1 Å². The van der Waals surface area contributed by atoms with Gasteiger partial charge < -0.3 is 5.11 Å². The van der Waals surface area contributed by atoms with E-state index in [0.29, 0.717) is 12.1 Å². The van der Waals surface area contributed by atoms with Gasteiger partial charge in [-0.25, -0.2) is 17.5 Å². The molecule has 4 nitrogen and oxygen atoms in total. The molecule has 1 aromatic rings. The third-order valence-corrected chi connectivity index (χ3v) is 4.70. The highest BCUT2D eigenvalue weighted by molar-refractivity contribution is 7.89. The zero-order chi connectivity index (χ0) is 13.4. The molecule has 1 saturated carbocycles. The first-order valence-corrected chi connectivity index (χ1v) is 7.24. The van der Waals surface area contributed by atoms with E-state index < -0.39 is 15.8 Å². The molecule has 1 aliphatic carbocycles. The van der Waals surface area contributed by atoms with Gasteiger partial charge in [-0.3, -0.25) is 0 Å². The summed E-state index contributed by atoms with van der Waals surface area (Å²) in [5.41, 5.74) is 0.370. The molecule has 0 heterocycles. The Labute approximate surface area is 106 Å². The van der Waals surface area contributed by atoms with Crippen LogP contribution in [0.15, 0.2) is 23.1 Å². The molecule has 1 aliphatic rings. The van der Waals surface area contributed by atoms with Crippen molar-refractivity contribution in [1.82, 2.24) is 4.72 Å². The molecule has 2 N–H and O–H groups in total. The van der Waals surface area contributed by atoms with Crippen molar-refractivity contribution < 1.29 is 17.9 Å². The second-order valence-electron chi connectivity index (χ2n) is 5.06. The number of hydrogen-bond donors (Lipinski definition) is 2. The summed E-state index contributed by atoms with van der Waals surface area (Å²) in [7, 11) is -3.82. The SMILES string of the molecule is CC1(CNS(=O)(=O)c2ccc(CO)cc2F)CC1. The molecule has 0 saturated heterocycles. The Bertz CT molecular complexity index is 552. The van der Waals surface area contributed by atoms with Crippen molar-refractivity contribution in [2.75, 3.05) is 6.54 Å². The second-order valence-corrected chi connectivity index (χ2v) is 6.79. The summed E-state index contributed by atoms with van der Waals surface area (Å²) in [5, 5.41) is 8.84. The van der Waals surface area contributed by atoms with Gasteiger partial charge in [0.05, 0.1) is 6.61 Å².